The van der Waals surface area contributed by atoms with E-state index in [0.29, 0.717) is 30.2 Å². The second-order valence-electron chi connectivity index (χ2n) is 7.15. The molecule has 29 heavy (non-hydrogen) atoms. The molecule has 0 aliphatic carbocycles. The van der Waals surface area contributed by atoms with Gasteiger partial charge in [-0.25, -0.2) is 0 Å². The molecule has 0 radical (unpaired) electrons. The van der Waals surface area contributed by atoms with Gasteiger partial charge in [-0.1, -0.05) is 48.9 Å². The minimum absolute atomic E-state index is 0.0193. The van der Waals surface area contributed by atoms with Crippen molar-refractivity contribution in [1.82, 2.24) is 10.2 Å². The third-order valence-corrected chi connectivity index (χ3v) is 5.68. The lowest BCUT2D eigenvalue weighted by molar-refractivity contribution is -0.141. The largest absolute Gasteiger partial charge is 0.352 e. The molecular weight excluding hydrogens is 404 g/mol. The molecule has 156 valence electrons. The highest BCUT2D eigenvalue weighted by Gasteiger charge is 2.28. The first-order chi connectivity index (χ1) is 13.9. The Morgan fingerprint density at radius 3 is 2.31 bits per heavy atom. The summed E-state index contributed by atoms with van der Waals surface area (Å²) in [5.41, 5.74) is 0.953. The van der Waals surface area contributed by atoms with Gasteiger partial charge in [-0.2, -0.15) is 0 Å². The van der Waals surface area contributed by atoms with E-state index in [-0.39, 0.29) is 17.9 Å². The van der Waals surface area contributed by atoms with Crippen molar-refractivity contribution in [1.29, 1.82) is 0 Å². The fourth-order valence-electron chi connectivity index (χ4n) is 3.00. The molecule has 0 bridgehead atoms. The average Bonchev–Trinajstić information content (AvgIpc) is 2.69. The SMILES string of the molecule is CCC(C(=O)NC(C)C)N(Cc1ccc(Cl)cc1)C(=O)CCSc1ccccc1. The zero-order chi connectivity index (χ0) is 21.2. The third-order valence-electron chi connectivity index (χ3n) is 4.41. The molecule has 0 fully saturated rings. The lowest BCUT2D eigenvalue weighted by atomic mass is 10.1. The van der Waals surface area contributed by atoms with Crippen molar-refractivity contribution < 1.29 is 9.59 Å². The number of nitrogens with zero attached hydrogens (tertiary/aromatic N) is 1. The van der Waals surface area contributed by atoms with E-state index in [9.17, 15) is 9.59 Å². The fraction of sp³-hybridized carbons (Fsp3) is 0.391. The highest BCUT2D eigenvalue weighted by molar-refractivity contribution is 7.99. The Morgan fingerprint density at radius 1 is 1.07 bits per heavy atom. The van der Waals surface area contributed by atoms with E-state index in [2.05, 4.69) is 5.32 Å². The molecule has 2 aromatic rings. The van der Waals surface area contributed by atoms with Crippen LogP contribution in [0.1, 0.15) is 39.2 Å². The molecule has 0 spiro atoms. The van der Waals surface area contributed by atoms with Crippen LogP contribution in [0.25, 0.3) is 0 Å². The van der Waals surface area contributed by atoms with Gasteiger partial charge in [-0.15, -0.1) is 11.8 Å². The van der Waals surface area contributed by atoms with Gasteiger partial charge < -0.3 is 10.2 Å². The second-order valence-corrected chi connectivity index (χ2v) is 8.75. The van der Waals surface area contributed by atoms with E-state index >= 15 is 0 Å². The predicted molar refractivity (Wildman–Crippen MR) is 121 cm³/mol. The van der Waals surface area contributed by atoms with E-state index in [1.54, 1.807) is 28.8 Å². The zero-order valence-corrected chi connectivity index (χ0v) is 18.8. The predicted octanol–water partition coefficient (Wildman–Crippen LogP) is 5.15. The molecule has 2 rings (SSSR count). The van der Waals surface area contributed by atoms with Crippen molar-refractivity contribution in [2.24, 2.45) is 0 Å². The van der Waals surface area contributed by atoms with E-state index in [1.807, 2.05) is 63.2 Å². The van der Waals surface area contributed by atoms with Crippen LogP contribution in [0.15, 0.2) is 59.5 Å². The zero-order valence-electron chi connectivity index (χ0n) is 17.2. The summed E-state index contributed by atoms with van der Waals surface area (Å²) in [6, 6.07) is 16.9. The van der Waals surface area contributed by atoms with E-state index in [4.69, 9.17) is 11.6 Å². The van der Waals surface area contributed by atoms with Crippen molar-refractivity contribution in [3.05, 3.63) is 65.2 Å². The summed E-state index contributed by atoms with van der Waals surface area (Å²) < 4.78 is 0. The molecule has 0 heterocycles. The average molecular weight is 433 g/mol. The molecule has 2 amide bonds. The number of benzene rings is 2. The highest BCUT2D eigenvalue weighted by Crippen LogP contribution is 2.20. The summed E-state index contributed by atoms with van der Waals surface area (Å²) in [4.78, 5) is 28.7. The van der Waals surface area contributed by atoms with Crippen LogP contribution in [0, 0.1) is 0 Å². The number of thioether (sulfide) groups is 1. The first-order valence-corrected chi connectivity index (χ1v) is 11.3. The van der Waals surface area contributed by atoms with Crippen molar-refractivity contribution in [2.75, 3.05) is 5.75 Å². The van der Waals surface area contributed by atoms with Crippen molar-refractivity contribution in [3.63, 3.8) is 0 Å². The Bertz CT molecular complexity index is 781. The van der Waals surface area contributed by atoms with Crippen molar-refractivity contribution in [3.8, 4) is 0 Å². The maximum absolute atomic E-state index is 13.1. The van der Waals surface area contributed by atoms with E-state index in [0.717, 1.165) is 10.5 Å². The van der Waals surface area contributed by atoms with Gasteiger partial charge in [0.25, 0.3) is 0 Å². The molecule has 2 aromatic carbocycles. The van der Waals surface area contributed by atoms with Crippen LogP contribution < -0.4 is 5.32 Å². The molecule has 1 atom stereocenters. The van der Waals surface area contributed by atoms with Crippen LogP contribution in [0.4, 0.5) is 0 Å². The van der Waals surface area contributed by atoms with Crippen LogP contribution in [0.3, 0.4) is 0 Å². The number of amides is 2. The van der Waals surface area contributed by atoms with Gasteiger partial charge in [0, 0.05) is 34.7 Å². The summed E-state index contributed by atoms with van der Waals surface area (Å²) in [5.74, 6) is 0.539. The van der Waals surface area contributed by atoms with Gasteiger partial charge in [-0.3, -0.25) is 9.59 Å². The summed E-state index contributed by atoms with van der Waals surface area (Å²) in [7, 11) is 0. The monoisotopic (exact) mass is 432 g/mol. The van der Waals surface area contributed by atoms with Crippen LogP contribution in [-0.4, -0.2) is 34.6 Å². The van der Waals surface area contributed by atoms with Gasteiger partial charge in [-0.05, 0) is 50.1 Å². The number of carbonyl (C=O) groups is 2. The number of nitrogens with one attached hydrogen (secondary N) is 1. The normalized spacial score (nSPS) is 11.9. The Morgan fingerprint density at radius 2 is 1.72 bits per heavy atom. The molecule has 1 unspecified atom stereocenters. The summed E-state index contributed by atoms with van der Waals surface area (Å²) in [6.07, 6.45) is 0.933. The van der Waals surface area contributed by atoms with Crippen LogP contribution in [-0.2, 0) is 16.1 Å². The quantitative estimate of drug-likeness (QED) is 0.528. The Labute approximate surface area is 183 Å². The maximum Gasteiger partial charge on any atom is 0.243 e. The van der Waals surface area contributed by atoms with Gasteiger partial charge in [0.15, 0.2) is 0 Å². The lowest BCUT2D eigenvalue weighted by Gasteiger charge is -2.31. The summed E-state index contributed by atoms with van der Waals surface area (Å²) in [5, 5.41) is 3.60. The Kier molecular flexibility index (Phi) is 9.55. The van der Waals surface area contributed by atoms with Crippen molar-refractivity contribution in [2.45, 2.75) is 57.1 Å². The highest BCUT2D eigenvalue weighted by atomic mass is 35.5. The third kappa shape index (κ3) is 7.75. The van der Waals surface area contributed by atoms with Gasteiger partial charge in [0.05, 0.1) is 0 Å². The summed E-state index contributed by atoms with van der Waals surface area (Å²) >= 11 is 7.63. The first-order valence-electron chi connectivity index (χ1n) is 9.92. The smallest absolute Gasteiger partial charge is 0.243 e. The fourth-order valence-corrected chi connectivity index (χ4v) is 3.99. The van der Waals surface area contributed by atoms with Crippen molar-refractivity contribution >= 4 is 35.2 Å². The first kappa shape index (κ1) is 23.3. The van der Waals surface area contributed by atoms with Gasteiger partial charge in [0.2, 0.25) is 11.8 Å². The molecule has 0 saturated heterocycles. The number of carbonyl (C=O) groups excluding carboxylic acids is 2. The maximum atomic E-state index is 13.1. The number of halogens is 1. The van der Waals surface area contributed by atoms with E-state index in [1.165, 1.54) is 0 Å². The van der Waals surface area contributed by atoms with Crippen LogP contribution >= 0.6 is 23.4 Å². The lowest BCUT2D eigenvalue weighted by Crippen LogP contribution is -2.50. The topological polar surface area (TPSA) is 49.4 Å². The molecule has 0 aliphatic rings. The second kappa shape index (κ2) is 11.9. The van der Waals surface area contributed by atoms with Crippen LogP contribution in [0.2, 0.25) is 5.02 Å². The molecule has 0 aromatic heterocycles. The van der Waals surface area contributed by atoms with Crippen LogP contribution in [0.5, 0.6) is 0 Å². The standard InChI is InChI=1S/C23H29ClN2O2S/c1-4-21(23(28)25-17(2)3)26(16-18-10-12-19(24)13-11-18)22(27)14-15-29-20-8-6-5-7-9-20/h5-13,17,21H,4,14-16H2,1-3H3,(H,25,28). The number of hydrogen-bond acceptors (Lipinski definition) is 3. The summed E-state index contributed by atoms with van der Waals surface area (Å²) in [6.45, 7) is 6.17. The van der Waals surface area contributed by atoms with Gasteiger partial charge >= 0.3 is 0 Å². The minimum atomic E-state index is -0.498. The molecule has 6 heteroatoms. The molecule has 1 N–H and O–H groups in total. The minimum Gasteiger partial charge on any atom is -0.352 e. The Hall–Kier alpha value is -1.98. The van der Waals surface area contributed by atoms with Gasteiger partial charge in [0.1, 0.15) is 6.04 Å². The van der Waals surface area contributed by atoms with E-state index < -0.39 is 6.04 Å². The number of rotatable bonds is 10. The molecule has 0 saturated carbocycles. The Balaban J connectivity index is 2.11. The number of hydrogen-bond donors (Lipinski definition) is 1. The molecule has 0 aliphatic heterocycles. The molecular formula is C23H29ClN2O2S. The molecule has 4 nitrogen and oxygen atoms in total.